The monoisotopic (exact) mass is 434 g/mol. The van der Waals surface area contributed by atoms with Crippen molar-refractivity contribution in [2.24, 2.45) is 0 Å². The van der Waals surface area contributed by atoms with E-state index in [4.69, 9.17) is 4.74 Å². The lowest BCUT2D eigenvalue weighted by molar-refractivity contribution is -0.154. The van der Waals surface area contributed by atoms with Crippen molar-refractivity contribution in [1.82, 2.24) is 15.1 Å². The van der Waals surface area contributed by atoms with Crippen LogP contribution in [0.4, 0.5) is 5.69 Å². The third-order valence-electron chi connectivity index (χ3n) is 5.75. The molecule has 1 saturated heterocycles. The minimum atomic E-state index is -0.429. The van der Waals surface area contributed by atoms with Gasteiger partial charge in [-0.25, -0.2) is 0 Å². The van der Waals surface area contributed by atoms with E-state index in [1.165, 1.54) is 24.0 Å². The summed E-state index contributed by atoms with van der Waals surface area (Å²) in [7, 11) is 0. The number of carbonyl (C=O) groups is 1. The van der Waals surface area contributed by atoms with Crippen LogP contribution in [0.1, 0.15) is 51.2 Å². The highest BCUT2D eigenvalue weighted by Gasteiger charge is 2.20. The van der Waals surface area contributed by atoms with E-state index in [0.717, 1.165) is 36.2 Å². The van der Waals surface area contributed by atoms with Gasteiger partial charge in [0.05, 0.1) is 11.7 Å². The minimum Gasteiger partial charge on any atom is -0.460 e. The summed E-state index contributed by atoms with van der Waals surface area (Å²) in [6.45, 7) is 8.78. The van der Waals surface area contributed by atoms with Gasteiger partial charge in [-0.1, -0.05) is 24.3 Å². The van der Waals surface area contributed by atoms with E-state index in [1.807, 2.05) is 27.0 Å². The molecule has 1 unspecified atom stereocenters. The number of hydrogen-bond donors (Lipinski definition) is 2. The zero-order valence-electron chi connectivity index (χ0n) is 19.4. The fourth-order valence-electron chi connectivity index (χ4n) is 4.37. The van der Waals surface area contributed by atoms with Gasteiger partial charge in [0.1, 0.15) is 5.60 Å². The van der Waals surface area contributed by atoms with Crippen molar-refractivity contribution in [3.8, 4) is 0 Å². The Balaban J connectivity index is 1.30. The molecule has 0 spiro atoms. The molecule has 0 radical (unpaired) electrons. The lowest BCUT2D eigenvalue weighted by Crippen LogP contribution is -2.41. The van der Waals surface area contributed by atoms with Crippen LogP contribution in [0.5, 0.6) is 0 Å². The van der Waals surface area contributed by atoms with Crippen LogP contribution < -0.4 is 5.32 Å². The standard InChI is InChI=1S/C26H34N4O2/c1-26(2,3)32-25(31)12-9-19-6-4-7-20(14-19)17-30-13-5-8-23(18-30)28-22-10-11-24-21(15-22)16-27-29-24/h4,6-7,10-11,14-16,23,28H,5,8-9,12-13,17-18H2,1-3H3,(H,27,29). The number of ether oxygens (including phenoxy) is 1. The summed E-state index contributed by atoms with van der Waals surface area (Å²) in [5, 5.41) is 11.9. The highest BCUT2D eigenvalue weighted by atomic mass is 16.6. The van der Waals surface area contributed by atoms with Crippen LogP contribution in [0.25, 0.3) is 10.9 Å². The normalized spacial score (nSPS) is 17.4. The van der Waals surface area contributed by atoms with E-state index < -0.39 is 5.60 Å². The van der Waals surface area contributed by atoms with Gasteiger partial charge in [-0.15, -0.1) is 0 Å². The summed E-state index contributed by atoms with van der Waals surface area (Å²) in [4.78, 5) is 14.6. The number of H-pyrrole nitrogens is 1. The number of rotatable bonds is 7. The van der Waals surface area contributed by atoms with Crippen molar-refractivity contribution < 1.29 is 9.53 Å². The lowest BCUT2D eigenvalue weighted by atomic mass is 10.0. The van der Waals surface area contributed by atoms with Gasteiger partial charge in [-0.2, -0.15) is 5.10 Å². The molecule has 4 rings (SSSR count). The van der Waals surface area contributed by atoms with Crippen LogP contribution >= 0.6 is 0 Å². The predicted molar refractivity (Wildman–Crippen MR) is 129 cm³/mol. The van der Waals surface area contributed by atoms with Crippen molar-refractivity contribution in [2.75, 3.05) is 18.4 Å². The van der Waals surface area contributed by atoms with Crippen molar-refractivity contribution in [3.63, 3.8) is 0 Å². The zero-order chi connectivity index (χ0) is 22.6. The number of nitrogens with zero attached hydrogens (tertiary/aromatic N) is 2. The molecule has 2 heterocycles. The second-order valence-corrected chi connectivity index (χ2v) is 9.80. The summed E-state index contributed by atoms with van der Waals surface area (Å²) >= 11 is 0. The van der Waals surface area contributed by atoms with Gasteiger partial charge in [0, 0.05) is 36.6 Å². The Morgan fingerprint density at radius 3 is 2.91 bits per heavy atom. The molecule has 6 nitrogen and oxygen atoms in total. The van der Waals surface area contributed by atoms with Crippen molar-refractivity contribution in [2.45, 2.75) is 64.6 Å². The molecule has 6 heteroatoms. The van der Waals surface area contributed by atoms with Crippen LogP contribution in [0, 0.1) is 0 Å². The van der Waals surface area contributed by atoms with Crippen LogP contribution in [0.15, 0.2) is 48.7 Å². The van der Waals surface area contributed by atoms with Gasteiger partial charge >= 0.3 is 5.97 Å². The minimum absolute atomic E-state index is 0.138. The number of aromatic amines is 1. The van der Waals surface area contributed by atoms with Gasteiger partial charge in [0.2, 0.25) is 0 Å². The summed E-state index contributed by atoms with van der Waals surface area (Å²) in [6, 6.07) is 15.4. The number of fused-ring (bicyclic) bond motifs is 1. The van der Waals surface area contributed by atoms with Gasteiger partial charge in [0.25, 0.3) is 0 Å². The number of hydrogen-bond acceptors (Lipinski definition) is 5. The number of nitrogens with one attached hydrogen (secondary N) is 2. The first-order valence-corrected chi connectivity index (χ1v) is 11.6. The largest absolute Gasteiger partial charge is 0.460 e. The molecule has 1 aliphatic heterocycles. The Labute approximate surface area is 190 Å². The van der Waals surface area contributed by atoms with E-state index in [2.05, 4.69) is 62.9 Å². The molecule has 1 fully saturated rings. The Kier molecular flexibility index (Phi) is 6.80. The predicted octanol–water partition coefficient (Wildman–Crippen LogP) is 4.91. The quantitative estimate of drug-likeness (QED) is 0.517. The smallest absolute Gasteiger partial charge is 0.306 e. The molecule has 1 aromatic heterocycles. The molecule has 0 amide bonds. The number of likely N-dealkylation sites (tertiary alicyclic amines) is 1. The SMILES string of the molecule is CC(C)(C)OC(=O)CCc1cccc(CN2CCCC(Nc3ccc4[nH]ncc4c3)C2)c1. The average molecular weight is 435 g/mol. The first-order chi connectivity index (χ1) is 15.3. The van der Waals surface area contributed by atoms with Crippen molar-refractivity contribution >= 4 is 22.6 Å². The second-order valence-electron chi connectivity index (χ2n) is 9.80. The van der Waals surface area contributed by atoms with E-state index in [-0.39, 0.29) is 5.97 Å². The maximum Gasteiger partial charge on any atom is 0.306 e. The first kappa shape index (κ1) is 22.3. The maximum atomic E-state index is 12.0. The number of carbonyl (C=O) groups excluding carboxylic acids is 1. The Bertz CT molecular complexity index is 1050. The van der Waals surface area contributed by atoms with Crippen LogP contribution in [0.2, 0.25) is 0 Å². The van der Waals surface area contributed by atoms with E-state index in [0.29, 0.717) is 18.9 Å². The molecule has 2 N–H and O–H groups in total. The fourth-order valence-corrected chi connectivity index (χ4v) is 4.37. The van der Waals surface area contributed by atoms with Crippen molar-refractivity contribution in [3.05, 3.63) is 59.8 Å². The van der Waals surface area contributed by atoms with Crippen LogP contribution in [0.3, 0.4) is 0 Å². The third kappa shape index (κ3) is 6.33. The topological polar surface area (TPSA) is 70.2 Å². The number of piperidine rings is 1. The van der Waals surface area contributed by atoms with Gasteiger partial charge < -0.3 is 10.1 Å². The first-order valence-electron chi connectivity index (χ1n) is 11.6. The zero-order valence-corrected chi connectivity index (χ0v) is 19.4. The molecule has 2 aromatic carbocycles. The van der Waals surface area contributed by atoms with E-state index in [9.17, 15) is 4.79 Å². The molecule has 0 bridgehead atoms. The number of benzene rings is 2. The molecule has 0 saturated carbocycles. The lowest BCUT2D eigenvalue weighted by Gasteiger charge is -2.33. The maximum absolute atomic E-state index is 12.0. The molecular formula is C26H34N4O2. The summed E-state index contributed by atoms with van der Waals surface area (Å²) in [5.41, 5.74) is 4.27. The molecular weight excluding hydrogens is 400 g/mol. The summed E-state index contributed by atoms with van der Waals surface area (Å²) in [6.07, 6.45) is 5.35. The number of aromatic nitrogens is 2. The van der Waals surface area contributed by atoms with Crippen molar-refractivity contribution in [1.29, 1.82) is 0 Å². The molecule has 1 atom stereocenters. The van der Waals surface area contributed by atoms with E-state index >= 15 is 0 Å². The highest BCUT2D eigenvalue weighted by molar-refractivity contribution is 5.81. The molecule has 1 aliphatic rings. The summed E-state index contributed by atoms with van der Waals surface area (Å²) in [5.74, 6) is -0.138. The van der Waals surface area contributed by atoms with Gasteiger partial charge in [0.15, 0.2) is 0 Å². The fraction of sp³-hybridized carbons (Fsp3) is 0.462. The summed E-state index contributed by atoms with van der Waals surface area (Å²) < 4.78 is 5.43. The molecule has 0 aliphatic carbocycles. The Hall–Kier alpha value is -2.86. The third-order valence-corrected chi connectivity index (χ3v) is 5.75. The number of anilines is 1. The Morgan fingerprint density at radius 2 is 2.06 bits per heavy atom. The average Bonchev–Trinajstić information content (AvgIpc) is 3.20. The van der Waals surface area contributed by atoms with Crippen LogP contribution in [-0.4, -0.2) is 45.8 Å². The Morgan fingerprint density at radius 1 is 1.22 bits per heavy atom. The number of esters is 1. The molecule has 32 heavy (non-hydrogen) atoms. The van der Waals surface area contributed by atoms with Gasteiger partial charge in [-0.05, 0) is 75.9 Å². The van der Waals surface area contributed by atoms with Gasteiger partial charge in [-0.3, -0.25) is 14.8 Å². The number of aryl methyl sites for hydroxylation is 1. The highest BCUT2D eigenvalue weighted by Crippen LogP contribution is 2.22. The second kappa shape index (κ2) is 9.74. The van der Waals surface area contributed by atoms with Crippen LogP contribution in [-0.2, 0) is 22.5 Å². The molecule has 170 valence electrons. The van der Waals surface area contributed by atoms with E-state index in [1.54, 1.807) is 0 Å². The molecule has 3 aromatic rings.